The van der Waals surface area contributed by atoms with Gasteiger partial charge in [-0.3, -0.25) is 19.9 Å². The number of pyridine rings is 1. The highest BCUT2D eigenvalue weighted by atomic mass is 16.5. The third-order valence-electron chi connectivity index (χ3n) is 6.60. The first kappa shape index (κ1) is 25.2. The fourth-order valence-corrected chi connectivity index (χ4v) is 4.77. The molecule has 1 aliphatic rings. The van der Waals surface area contributed by atoms with Gasteiger partial charge in [-0.25, -0.2) is 9.67 Å². The normalized spacial score (nSPS) is 13.9. The third kappa shape index (κ3) is 5.15. The van der Waals surface area contributed by atoms with Crippen LogP contribution in [0.1, 0.15) is 40.9 Å². The van der Waals surface area contributed by atoms with Gasteiger partial charge in [0.05, 0.1) is 35.1 Å². The molecule has 2 amide bonds. The number of amides is 2. The van der Waals surface area contributed by atoms with Gasteiger partial charge in [0.1, 0.15) is 0 Å². The number of para-hydroxylation sites is 1. The summed E-state index contributed by atoms with van der Waals surface area (Å²) in [6.45, 7) is 7.07. The number of carbonyl (C=O) groups excluding carboxylic acids is 2. The molecule has 10 nitrogen and oxygen atoms in total. The highest BCUT2D eigenvalue weighted by Crippen LogP contribution is 2.30. The number of anilines is 1. The zero-order valence-corrected chi connectivity index (χ0v) is 21.7. The lowest BCUT2D eigenvalue weighted by Gasteiger charge is -2.13. The highest BCUT2D eigenvalue weighted by Gasteiger charge is 2.20. The monoisotopic (exact) mass is 513 g/mol. The SMILES string of the molecule is C=CC(=O)NCCc1cccc2nc3n(c12)CCCCCOc1c(cnn1C)-c1cc(cc(C)n1)C(=O)N3. The van der Waals surface area contributed by atoms with E-state index < -0.39 is 0 Å². The van der Waals surface area contributed by atoms with E-state index in [0.29, 0.717) is 54.9 Å². The molecule has 38 heavy (non-hydrogen) atoms. The summed E-state index contributed by atoms with van der Waals surface area (Å²) < 4.78 is 9.88. The van der Waals surface area contributed by atoms with Gasteiger partial charge in [-0.2, -0.15) is 5.10 Å². The molecule has 0 unspecified atom stereocenters. The molecule has 0 atom stereocenters. The molecule has 5 rings (SSSR count). The van der Waals surface area contributed by atoms with E-state index in [1.807, 2.05) is 32.2 Å². The van der Waals surface area contributed by atoms with E-state index in [1.54, 1.807) is 23.0 Å². The van der Waals surface area contributed by atoms with Gasteiger partial charge in [-0.15, -0.1) is 0 Å². The predicted octanol–water partition coefficient (Wildman–Crippen LogP) is 3.80. The number of nitrogens with zero attached hydrogens (tertiary/aromatic N) is 5. The Bertz CT molecular complexity index is 1520. The summed E-state index contributed by atoms with van der Waals surface area (Å²) in [6.07, 6.45) is 6.29. The van der Waals surface area contributed by atoms with Gasteiger partial charge in [-0.1, -0.05) is 18.7 Å². The van der Waals surface area contributed by atoms with Crippen molar-refractivity contribution in [3.63, 3.8) is 0 Å². The lowest BCUT2D eigenvalue weighted by molar-refractivity contribution is -0.116. The lowest BCUT2D eigenvalue weighted by Crippen LogP contribution is -2.23. The molecule has 4 heterocycles. The topological polar surface area (TPSA) is 116 Å². The van der Waals surface area contributed by atoms with Crippen LogP contribution in [0.25, 0.3) is 22.3 Å². The summed E-state index contributed by atoms with van der Waals surface area (Å²) in [4.78, 5) is 34.6. The number of rotatable bonds is 4. The molecule has 10 heteroatoms. The van der Waals surface area contributed by atoms with E-state index in [4.69, 9.17) is 9.72 Å². The van der Waals surface area contributed by atoms with Crippen molar-refractivity contribution < 1.29 is 14.3 Å². The second kappa shape index (κ2) is 10.9. The number of fused-ring (bicyclic) bond motifs is 7. The van der Waals surface area contributed by atoms with Crippen LogP contribution < -0.4 is 15.4 Å². The van der Waals surface area contributed by atoms with Crippen LogP contribution in [0, 0.1) is 6.92 Å². The molecule has 1 aliphatic heterocycles. The van der Waals surface area contributed by atoms with Crippen LogP contribution in [0.2, 0.25) is 0 Å². The minimum Gasteiger partial charge on any atom is -0.477 e. The van der Waals surface area contributed by atoms with Gasteiger partial charge in [-0.05, 0) is 62.4 Å². The van der Waals surface area contributed by atoms with Crippen LogP contribution in [0.3, 0.4) is 0 Å². The van der Waals surface area contributed by atoms with Crippen molar-refractivity contribution in [1.82, 2.24) is 29.6 Å². The number of carbonyl (C=O) groups is 2. The van der Waals surface area contributed by atoms with E-state index in [1.165, 1.54) is 6.08 Å². The van der Waals surface area contributed by atoms with Crippen molar-refractivity contribution in [2.45, 2.75) is 39.2 Å². The van der Waals surface area contributed by atoms with Crippen LogP contribution in [-0.4, -0.2) is 49.3 Å². The summed E-state index contributed by atoms with van der Waals surface area (Å²) in [6, 6.07) is 9.44. The molecular weight excluding hydrogens is 482 g/mol. The van der Waals surface area contributed by atoms with Crippen molar-refractivity contribution in [3.8, 4) is 17.1 Å². The summed E-state index contributed by atoms with van der Waals surface area (Å²) >= 11 is 0. The Balaban J connectivity index is 1.53. The molecule has 2 N–H and O–H groups in total. The molecule has 0 radical (unpaired) electrons. The summed E-state index contributed by atoms with van der Waals surface area (Å²) in [5.41, 5.74) is 5.37. The molecule has 4 aromatic rings. The highest BCUT2D eigenvalue weighted by molar-refractivity contribution is 6.05. The van der Waals surface area contributed by atoms with E-state index in [-0.39, 0.29) is 11.8 Å². The van der Waals surface area contributed by atoms with Crippen molar-refractivity contribution in [2.24, 2.45) is 7.05 Å². The first-order valence-corrected chi connectivity index (χ1v) is 12.8. The molecular formula is C28H31N7O3. The van der Waals surface area contributed by atoms with Gasteiger partial charge < -0.3 is 14.6 Å². The summed E-state index contributed by atoms with van der Waals surface area (Å²) in [5, 5.41) is 10.2. The minimum atomic E-state index is -0.269. The predicted molar refractivity (Wildman–Crippen MR) is 145 cm³/mol. The third-order valence-corrected chi connectivity index (χ3v) is 6.60. The number of aryl methyl sites for hydroxylation is 3. The zero-order chi connectivity index (χ0) is 26.6. The molecule has 0 aliphatic carbocycles. The summed E-state index contributed by atoms with van der Waals surface area (Å²) in [5.74, 6) is 0.658. The minimum absolute atomic E-state index is 0.205. The number of aromatic nitrogens is 5. The van der Waals surface area contributed by atoms with Crippen LogP contribution in [0.5, 0.6) is 5.88 Å². The maximum Gasteiger partial charge on any atom is 0.258 e. The molecule has 2 bridgehead atoms. The van der Waals surface area contributed by atoms with E-state index in [9.17, 15) is 9.59 Å². The average Bonchev–Trinajstić information content (AvgIpc) is 3.45. The van der Waals surface area contributed by atoms with Gasteiger partial charge in [0.15, 0.2) is 0 Å². The summed E-state index contributed by atoms with van der Waals surface area (Å²) in [7, 11) is 1.83. The van der Waals surface area contributed by atoms with Gasteiger partial charge in [0, 0.05) is 31.4 Å². The molecule has 3 aromatic heterocycles. The molecule has 0 spiro atoms. The number of hydrogen-bond acceptors (Lipinski definition) is 6. The largest absolute Gasteiger partial charge is 0.477 e. The lowest BCUT2D eigenvalue weighted by atomic mass is 10.1. The number of nitrogens with one attached hydrogen (secondary N) is 2. The first-order chi connectivity index (χ1) is 18.4. The quantitative estimate of drug-likeness (QED) is 0.401. The fraction of sp³-hybridized carbons (Fsp3) is 0.321. The maximum atomic E-state index is 13.5. The van der Waals surface area contributed by atoms with Gasteiger partial charge in [0.25, 0.3) is 5.91 Å². The number of ether oxygens (including phenoxy) is 1. The standard InChI is InChI=1S/C28H31N7O3/c1-4-24(36)29-12-11-19-9-8-10-22-25(19)35-13-6-5-7-14-38-27-21(17-30-34(27)3)23-16-20(15-18(2)31-23)26(37)33-28(35)32-22/h4,8-10,15-17H,1,5-7,11-14H2,2-3H3,(H,29,36)(H,32,33,37). The zero-order valence-electron chi connectivity index (χ0n) is 21.7. The van der Waals surface area contributed by atoms with Crippen LogP contribution in [-0.2, 0) is 24.8 Å². The molecule has 0 saturated carbocycles. The Morgan fingerprint density at radius 2 is 2.11 bits per heavy atom. The van der Waals surface area contributed by atoms with Crippen molar-refractivity contribution in [2.75, 3.05) is 18.5 Å². The van der Waals surface area contributed by atoms with Crippen LogP contribution in [0.15, 0.2) is 49.2 Å². The van der Waals surface area contributed by atoms with Gasteiger partial charge in [0.2, 0.25) is 17.7 Å². The van der Waals surface area contributed by atoms with Gasteiger partial charge >= 0.3 is 0 Å². The van der Waals surface area contributed by atoms with Crippen molar-refractivity contribution in [3.05, 3.63) is 66.0 Å². The van der Waals surface area contributed by atoms with E-state index in [2.05, 4.69) is 31.9 Å². The van der Waals surface area contributed by atoms with Crippen molar-refractivity contribution in [1.29, 1.82) is 0 Å². The van der Waals surface area contributed by atoms with Crippen molar-refractivity contribution >= 4 is 28.8 Å². The second-order valence-electron chi connectivity index (χ2n) is 9.35. The van der Waals surface area contributed by atoms with E-state index >= 15 is 0 Å². The Hall–Kier alpha value is -4.47. The smallest absolute Gasteiger partial charge is 0.258 e. The maximum absolute atomic E-state index is 13.5. The number of hydrogen-bond donors (Lipinski definition) is 2. The number of benzene rings is 1. The Morgan fingerprint density at radius 1 is 1.24 bits per heavy atom. The van der Waals surface area contributed by atoms with Crippen LogP contribution in [0.4, 0.5) is 5.95 Å². The second-order valence-corrected chi connectivity index (χ2v) is 9.35. The number of imidazole rings is 1. The fourth-order valence-electron chi connectivity index (χ4n) is 4.77. The Labute approximate surface area is 220 Å². The molecule has 196 valence electrons. The molecule has 0 fully saturated rings. The van der Waals surface area contributed by atoms with E-state index in [0.717, 1.165) is 41.4 Å². The average molecular weight is 514 g/mol. The molecule has 0 saturated heterocycles. The Morgan fingerprint density at radius 3 is 2.95 bits per heavy atom. The Kier molecular flexibility index (Phi) is 7.21. The van der Waals surface area contributed by atoms with Crippen LogP contribution >= 0.6 is 0 Å². The first-order valence-electron chi connectivity index (χ1n) is 12.8. The molecule has 1 aromatic carbocycles.